The molecule has 2 aromatic rings. The lowest BCUT2D eigenvalue weighted by atomic mass is 9.95. The lowest BCUT2D eigenvalue weighted by molar-refractivity contribution is -0.304. The molecule has 0 spiro atoms. The maximum absolute atomic E-state index is 10.7. The third kappa shape index (κ3) is 6.58. The number of carboxylic acid groups (broad SMARTS) is 1. The molecule has 0 heterocycles. The van der Waals surface area contributed by atoms with Crippen molar-refractivity contribution in [1.29, 1.82) is 0 Å². The summed E-state index contributed by atoms with van der Waals surface area (Å²) in [5.41, 5.74) is 5.03. The van der Waals surface area contributed by atoms with E-state index in [0.29, 0.717) is 18.1 Å². The minimum atomic E-state index is -1.80. The van der Waals surface area contributed by atoms with Crippen LogP contribution in [0.1, 0.15) is 68.4 Å². The lowest BCUT2D eigenvalue weighted by Crippen LogP contribution is -2.40. The van der Waals surface area contributed by atoms with Crippen LogP contribution < -0.4 is 5.11 Å². The number of benzene rings is 2. The molecule has 0 saturated heterocycles. The third-order valence-electron chi connectivity index (χ3n) is 5.82. The Bertz CT molecular complexity index is 939. The summed E-state index contributed by atoms with van der Waals surface area (Å²) in [5, 5.41) is 10.9. The SMILES string of the molecule is CC(C)c1cc(C#Cc2ccc(CC(=O)[O-])cc2)ccc1CO[Si](C)(C)C(C)(C)C. The van der Waals surface area contributed by atoms with Gasteiger partial charge in [0.1, 0.15) is 0 Å². The topological polar surface area (TPSA) is 49.4 Å². The molecule has 2 aromatic carbocycles. The highest BCUT2D eigenvalue weighted by molar-refractivity contribution is 6.74. The quantitative estimate of drug-likeness (QED) is 0.486. The van der Waals surface area contributed by atoms with Gasteiger partial charge in [-0.15, -0.1) is 0 Å². The maximum atomic E-state index is 10.7. The van der Waals surface area contributed by atoms with Crippen LogP contribution in [-0.2, 0) is 22.2 Å². The smallest absolute Gasteiger partial charge is 0.192 e. The van der Waals surface area contributed by atoms with Gasteiger partial charge in [0.15, 0.2) is 8.32 Å². The average molecular weight is 422 g/mol. The Hall–Kier alpha value is -2.35. The molecule has 0 saturated carbocycles. The van der Waals surface area contributed by atoms with Gasteiger partial charge in [0, 0.05) is 23.5 Å². The molecule has 4 heteroatoms. The number of hydrogen-bond donors (Lipinski definition) is 0. The Labute approximate surface area is 182 Å². The van der Waals surface area contributed by atoms with Gasteiger partial charge in [0.2, 0.25) is 0 Å². The van der Waals surface area contributed by atoms with E-state index >= 15 is 0 Å². The van der Waals surface area contributed by atoms with E-state index in [1.54, 1.807) is 12.1 Å². The fourth-order valence-corrected chi connectivity index (χ4v) is 3.78. The number of carbonyl (C=O) groups excluding carboxylic acids is 1. The zero-order chi connectivity index (χ0) is 22.5. The summed E-state index contributed by atoms with van der Waals surface area (Å²) in [6, 6.07) is 13.6. The van der Waals surface area contributed by atoms with Crippen molar-refractivity contribution >= 4 is 14.3 Å². The highest BCUT2D eigenvalue weighted by atomic mass is 28.4. The van der Waals surface area contributed by atoms with E-state index < -0.39 is 14.3 Å². The second-order valence-electron chi connectivity index (χ2n) is 9.61. The molecule has 160 valence electrons. The summed E-state index contributed by atoms with van der Waals surface area (Å²) in [6.45, 7) is 16.3. The first-order valence-corrected chi connectivity index (χ1v) is 13.4. The number of aliphatic carboxylic acids is 1. The fourth-order valence-electron chi connectivity index (χ4n) is 2.83. The molecule has 2 rings (SSSR count). The van der Waals surface area contributed by atoms with E-state index in [9.17, 15) is 9.90 Å². The van der Waals surface area contributed by atoms with Gasteiger partial charge < -0.3 is 14.3 Å². The van der Waals surface area contributed by atoms with Gasteiger partial charge in [-0.3, -0.25) is 0 Å². The van der Waals surface area contributed by atoms with Crippen LogP contribution in [0.3, 0.4) is 0 Å². The molecule has 0 aliphatic rings. The molecule has 0 amide bonds. The van der Waals surface area contributed by atoms with Gasteiger partial charge in [-0.25, -0.2) is 0 Å². The zero-order valence-corrected chi connectivity index (χ0v) is 20.3. The first kappa shape index (κ1) is 23.9. The largest absolute Gasteiger partial charge is 0.550 e. The van der Waals surface area contributed by atoms with E-state index in [0.717, 1.165) is 11.1 Å². The molecule has 0 aliphatic carbocycles. The third-order valence-corrected chi connectivity index (χ3v) is 10.3. The van der Waals surface area contributed by atoms with E-state index in [4.69, 9.17) is 4.43 Å². The molecule has 0 atom stereocenters. The molecule has 0 aromatic heterocycles. The maximum Gasteiger partial charge on any atom is 0.192 e. The Morgan fingerprint density at radius 2 is 1.60 bits per heavy atom. The van der Waals surface area contributed by atoms with E-state index in [1.807, 2.05) is 18.2 Å². The van der Waals surface area contributed by atoms with Crippen LogP contribution in [0, 0.1) is 11.8 Å². The standard InChI is InChI=1S/C26H34O3Si/c1-19(2)24-16-21(11-8-20-9-12-22(13-10-20)17-25(27)28)14-15-23(24)18-29-30(6,7)26(3,4)5/h9-10,12-16,19H,17-18H2,1-7H3,(H,27,28)/p-1. The minimum absolute atomic E-state index is 0.0795. The van der Waals surface area contributed by atoms with Crippen molar-refractivity contribution in [2.24, 2.45) is 0 Å². The van der Waals surface area contributed by atoms with Crippen LogP contribution in [0.2, 0.25) is 18.1 Å². The van der Waals surface area contributed by atoms with Crippen molar-refractivity contribution < 1.29 is 14.3 Å². The summed E-state index contributed by atoms with van der Waals surface area (Å²) in [5.74, 6) is 5.70. The molecule has 0 radical (unpaired) electrons. The molecule has 0 unspecified atom stereocenters. The molecule has 30 heavy (non-hydrogen) atoms. The summed E-state index contributed by atoms with van der Waals surface area (Å²) in [4.78, 5) is 10.7. The second kappa shape index (κ2) is 9.64. The Kier molecular flexibility index (Phi) is 7.68. The minimum Gasteiger partial charge on any atom is -0.550 e. The van der Waals surface area contributed by atoms with Crippen molar-refractivity contribution in [2.75, 3.05) is 0 Å². The van der Waals surface area contributed by atoms with Crippen molar-refractivity contribution in [2.45, 2.75) is 71.7 Å². The normalized spacial score (nSPS) is 11.9. The first-order valence-electron chi connectivity index (χ1n) is 10.5. The van der Waals surface area contributed by atoms with Crippen LogP contribution in [0.5, 0.6) is 0 Å². The monoisotopic (exact) mass is 421 g/mol. The van der Waals surface area contributed by atoms with Crippen molar-refractivity contribution in [3.8, 4) is 11.8 Å². The summed E-state index contributed by atoms with van der Waals surface area (Å²) >= 11 is 0. The van der Waals surface area contributed by atoms with Gasteiger partial charge in [0.25, 0.3) is 0 Å². The van der Waals surface area contributed by atoms with Gasteiger partial charge in [-0.05, 0) is 65.0 Å². The van der Waals surface area contributed by atoms with Gasteiger partial charge in [-0.1, -0.05) is 64.7 Å². The number of hydrogen-bond acceptors (Lipinski definition) is 3. The molecule has 0 N–H and O–H groups in total. The molecule has 0 bridgehead atoms. The highest BCUT2D eigenvalue weighted by Gasteiger charge is 2.37. The number of carbonyl (C=O) groups is 1. The van der Waals surface area contributed by atoms with Crippen LogP contribution in [0.15, 0.2) is 42.5 Å². The van der Waals surface area contributed by atoms with Crippen LogP contribution in [-0.4, -0.2) is 14.3 Å². The Balaban J connectivity index is 2.19. The predicted molar refractivity (Wildman–Crippen MR) is 124 cm³/mol. The van der Waals surface area contributed by atoms with E-state index in [2.05, 4.69) is 71.7 Å². The Morgan fingerprint density at radius 1 is 1.03 bits per heavy atom. The van der Waals surface area contributed by atoms with Gasteiger partial charge in [0.05, 0.1) is 6.61 Å². The van der Waals surface area contributed by atoms with Crippen LogP contribution in [0.4, 0.5) is 0 Å². The summed E-state index contributed by atoms with van der Waals surface area (Å²) in [6.07, 6.45) is -0.0795. The molecular weight excluding hydrogens is 388 g/mol. The van der Waals surface area contributed by atoms with Crippen LogP contribution in [0.25, 0.3) is 0 Å². The van der Waals surface area contributed by atoms with E-state index in [-0.39, 0.29) is 11.5 Å². The van der Waals surface area contributed by atoms with Crippen molar-refractivity contribution in [3.05, 3.63) is 70.3 Å². The zero-order valence-electron chi connectivity index (χ0n) is 19.3. The lowest BCUT2D eigenvalue weighted by Gasteiger charge is -2.36. The molecular formula is C26H33O3Si-. The number of carboxylic acids is 1. The van der Waals surface area contributed by atoms with E-state index in [1.165, 1.54) is 11.1 Å². The molecule has 0 fully saturated rings. The summed E-state index contributed by atoms with van der Waals surface area (Å²) < 4.78 is 6.44. The molecule has 0 aliphatic heterocycles. The van der Waals surface area contributed by atoms with Crippen molar-refractivity contribution in [3.63, 3.8) is 0 Å². The highest BCUT2D eigenvalue weighted by Crippen LogP contribution is 2.37. The predicted octanol–water partition coefficient (Wildman–Crippen LogP) is 5.02. The van der Waals surface area contributed by atoms with Gasteiger partial charge >= 0.3 is 0 Å². The van der Waals surface area contributed by atoms with Crippen LogP contribution >= 0.6 is 0 Å². The number of rotatable bonds is 6. The molecule has 3 nitrogen and oxygen atoms in total. The average Bonchev–Trinajstić information content (AvgIpc) is 2.64. The second-order valence-corrected chi connectivity index (χ2v) is 14.4. The first-order chi connectivity index (χ1) is 13.9. The Morgan fingerprint density at radius 3 is 2.13 bits per heavy atom. The van der Waals surface area contributed by atoms with Gasteiger partial charge in [-0.2, -0.15) is 0 Å². The fraction of sp³-hybridized carbons (Fsp3) is 0.423. The van der Waals surface area contributed by atoms with Crippen molar-refractivity contribution in [1.82, 2.24) is 0 Å². The summed E-state index contributed by atoms with van der Waals surface area (Å²) in [7, 11) is -1.80.